The number of hydrogen-bond donors (Lipinski definition) is 2. The smallest absolute Gasteiger partial charge is 0.305 e. The second kappa shape index (κ2) is 14.7. The van der Waals surface area contributed by atoms with E-state index in [4.69, 9.17) is 30.9 Å². The Morgan fingerprint density at radius 3 is 2.68 bits per heavy atom. The van der Waals surface area contributed by atoms with Crippen LogP contribution < -0.4 is 4.74 Å². The van der Waals surface area contributed by atoms with E-state index in [0.717, 1.165) is 57.7 Å². The predicted molar refractivity (Wildman–Crippen MR) is 131 cm³/mol. The first-order chi connectivity index (χ1) is 16.6. The van der Waals surface area contributed by atoms with Crippen LogP contribution >= 0.6 is 11.6 Å². The molecule has 1 aromatic rings. The summed E-state index contributed by atoms with van der Waals surface area (Å²) >= 11 is 6.53. The summed E-state index contributed by atoms with van der Waals surface area (Å²) in [6.45, 7) is 4.89. The number of aliphatic hydroxyl groups is 2. The van der Waals surface area contributed by atoms with Crippen LogP contribution in [0.25, 0.3) is 0 Å². The van der Waals surface area contributed by atoms with Gasteiger partial charge in [0.15, 0.2) is 0 Å². The fourth-order valence-corrected chi connectivity index (χ4v) is 4.97. The maximum atomic E-state index is 11.9. The van der Waals surface area contributed by atoms with Crippen molar-refractivity contribution in [2.24, 2.45) is 11.8 Å². The van der Waals surface area contributed by atoms with Crippen molar-refractivity contribution in [3.8, 4) is 5.75 Å². The summed E-state index contributed by atoms with van der Waals surface area (Å²) in [5.41, 5.74) is 0.832. The van der Waals surface area contributed by atoms with Gasteiger partial charge in [-0.15, -0.1) is 11.6 Å². The molecule has 0 bridgehead atoms. The molecular formula is C26H38ClNO6. The number of carbonyl (C=O) groups is 1. The van der Waals surface area contributed by atoms with Crippen LogP contribution in [-0.4, -0.2) is 78.6 Å². The summed E-state index contributed by atoms with van der Waals surface area (Å²) in [5.74, 6) is 0.667. The SMILES string of the molecule is O=C(CCC/C=C\C[C@@H]1[C@@H](COc2ccc(CO)cc2)[C@H](O)C[C@H]1Cl)OCCN1CCOCC1. The Bertz CT molecular complexity index is 752. The van der Waals surface area contributed by atoms with Crippen molar-refractivity contribution in [2.45, 2.75) is 50.2 Å². The maximum absolute atomic E-state index is 11.9. The van der Waals surface area contributed by atoms with Crippen molar-refractivity contribution in [1.29, 1.82) is 0 Å². The number of halogens is 1. The largest absolute Gasteiger partial charge is 0.493 e. The van der Waals surface area contributed by atoms with Crippen molar-refractivity contribution >= 4 is 17.6 Å². The molecule has 1 saturated heterocycles. The maximum Gasteiger partial charge on any atom is 0.305 e. The van der Waals surface area contributed by atoms with E-state index in [1.807, 2.05) is 24.3 Å². The molecule has 4 atom stereocenters. The van der Waals surface area contributed by atoms with E-state index >= 15 is 0 Å². The number of benzene rings is 1. The summed E-state index contributed by atoms with van der Waals surface area (Å²) in [5, 5.41) is 19.5. The fraction of sp³-hybridized carbons (Fsp3) is 0.654. The van der Waals surface area contributed by atoms with Gasteiger partial charge in [-0.2, -0.15) is 0 Å². The molecule has 0 aromatic heterocycles. The second-order valence-electron chi connectivity index (χ2n) is 9.03. The van der Waals surface area contributed by atoms with Gasteiger partial charge in [0.1, 0.15) is 12.4 Å². The van der Waals surface area contributed by atoms with Gasteiger partial charge in [-0.3, -0.25) is 9.69 Å². The van der Waals surface area contributed by atoms with E-state index in [0.29, 0.717) is 31.8 Å². The van der Waals surface area contributed by atoms with Gasteiger partial charge >= 0.3 is 5.97 Å². The number of hydrogen-bond acceptors (Lipinski definition) is 7. The van der Waals surface area contributed by atoms with E-state index in [-0.39, 0.29) is 29.8 Å². The Morgan fingerprint density at radius 1 is 1.18 bits per heavy atom. The number of allylic oxidation sites excluding steroid dienone is 2. The molecule has 1 heterocycles. The third-order valence-corrected chi connectivity index (χ3v) is 7.13. The number of carbonyl (C=O) groups excluding carboxylic acids is 1. The number of esters is 1. The molecule has 0 radical (unpaired) electrons. The molecule has 1 aliphatic carbocycles. The first-order valence-corrected chi connectivity index (χ1v) is 12.8. The number of ether oxygens (including phenoxy) is 3. The van der Waals surface area contributed by atoms with Crippen LogP contribution in [0.1, 0.15) is 37.7 Å². The third kappa shape index (κ3) is 8.86. The minimum Gasteiger partial charge on any atom is -0.493 e. The van der Waals surface area contributed by atoms with Crippen LogP contribution in [0.5, 0.6) is 5.75 Å². The van der Waals surface area contributed by atoms with Gasteiger partial charge in [-0.05, 0) is 49.3 Å². The molecule has 2 aliphatic rings. The molecule has 2 fully saturated rings. The Kier molecular flexibility index (Phi) is 11.6. The van der Waals surface area contributed by atoms with Crippen LogP contribution in [0.3, 0.4) is 0 Å². The Balaban J connectivity index is 1.31. The summed E-state index contributed by atoms with van der Waals surface area (Å²) < 4.78 is 16.5. The van der Waals surface area contributed by atoms with Gasteiger partial charge in [-0.25, -0.2) is 0 Å². The average Bonchev–Trinajstić information content (AvgIpc) is 3.12. The van der Waals surface area contributed by atoms with Crippen LogP contribution in [-0.2, 0) is 20.9 Å². The molecule has 7 nitrogen and oxygen atoms in total. The topological polar surface area (TPSA) is 88.5 Å². The zero-order valence-corrected chi connectivity index (χ0v) is 20.6. The van der Waals surface area contributed by atoms with Crippen LogP contribution in [0.15, 0.2) is 36.4 Å². The summed E-state index contributed by atoms with van der Waals surface area (Å²) in [6, 6.07) is 7.30. The number of aliphatic hydroxyl groups excluding tert-OH is 2. The van der Waals surface area contributed by atoms with Crippen LogP contribution in [0.2, 0.25) is 0 Å². The lowest BCUT2D eigenvalue weighted by Gasteiger charge is -2.26. The van der Waals surface area contributed by atoms with E-state index in [2.05, 4.69) is 17.1 Å². The van der Waals surface area contributed by atoms with Crippen molar-refractivity contribution < 1.29 is 29.2 Å². The number of rotatable bonds is 13. The summed E-state index contributed by atoms with van der Waals surface area (Å²) in [7, 11) is 0. The van der Waals surface area contributed by atoms with Crippen molar-refractivity contribution in [2.75, 3.05) is 46.1 Å². The molecule has 190 valence electrons. The lowest BCUT2D eigenvalue weighted by Crippen LogP contribution is -2.38. The zero-order valence-electron chi connectivity index (χ0n) is 19.8. The number of alkyl halides is 1. The lowest BCUT2D eigenvalue weighted by molar-refractivity contribution is -0.144. The second-order valence-corrected chi connectivity index (χ2v) is 9.59. The van der Waals surface area contributed by atoms with Gasteiger partial charge in [-0.1, -0.05) is 24.3 Å². The molecule has 3 rings (SSSR count). The number of nitrogens with zero attached hydrogens (tertiary/aromatic N) is 1. The first kappa shape index (κ1) is 27.0. The molecular weight excluding hydrogens is 458 g/mol. The normalized spacial score (nSPS) is 25.6. The Morgan fingerprint density at radius 2 is 1.94 bits per heavy atom. The zero-order chi connectivity index (χ0) is 24.2. The highest BCUT2D eigenvalue weighted by Gasteiger charge is 2.41. The highest BCUT2D eigenvalue weighted by atomic mass is 35.5. The fourth-order valence-electron chi connectivity index (χ4n) is 4.50. The molecule has 2 N–H and O–H groups in total. The summed E-state index contributed by atoms with van der Waals surface area (Å²) in [4.78, 5) is 14.2. The lowest BCUT2D eigenvalue weighted by atomic mass is 9.92. The summed E-state index contributed by atoms with van der Waals surface area (Å²) in [6.07, 6.45) is 7.01. The van der Waals surface area contributed by atoms with Gasteiger partial charge in [0.25, 0.3) is 0 Å². The van der Waals surface area contributed by atoms with Crippen LogP contribution in [0.4, 0.5) is 0 Å². The highest BCUT2D eigenvalue weighted by Crippen LogP contribution is 2.39. The molecule has 34 heavy (non-hydrogen) atoms. The molecule has 1 saturated carbocycles. The minimum atomic E-state index is -0.482. The van der Waals surface area contributed by atoms with E-state index in [1.54, 1.807) is 0 Å². The van der Waals surface area contributed by atoms with Gasteiger partial charge < -0.3 is 24.4 Å². The Hall–Kier alpha value is -1.64. The van der Waals surface area contributed by atoms with Crippen LogP contribution in [0, 0.1) is 11.8 Å². The van der Waals surface area contributed by atoms with E-state index < -0.39 is 6.10 Å². The van der Waals surface area contributed by atoms with Gasteiger partial charge in [0, 0.05) is 37.4 Å². The molecule has 0 spiro atoms. The molecule has 0 unspecified atom stereocenters. The molecule has 1 aliphatic heterocycles. The first-order valence-electron chi connectivity index (χ1n) is 12.3. The number of morpholine rings is 1. The average molecular weight is 496 g/mol. The quantitative estimate of drug-likeness (QED) is 0.188. The Labute approximate surface area is 207 Å². The van der Waals surface area contributed by atoms with Crippen molar-refractivity contribution in [1.82, 2.24) is 4.90 Å². The van der Waals surface area contributed by atoms with Crippen molar-refractivity contribution in [3.05, 3.63) is 42.0 Å². The molecule has 8 heteroatoms. The molecule has 1 aromatic carbocycles. The van der Waals surface area contributed by atoms with Crippen molar-refractivity contribution in [3.63, 3.8) is 0 Å². The standard InChI is InChI=1S/C26H38ClNO6/c27-24-17-25(30)23(19-34-21-9-7-20(18-29)8-10-21)22(24)5-3-1-2-4-6-26(31)33-16-13-28-11-14-32-15-12-28/h1,3,7-10,22-25,29-30H,2,4-6,11-19H2/b3-1-/t22-,23-,24-,25-/m1/s1. The van der Waals surface area contributed by atoms with Gasteiger partial charge in [0.2, 0.25) is 0 Å². The predicted octanol–water partition coefficient (Wildman–Crippen LogP) is 3.15. The van der Waals surface area contributed by atoms with E-state index in [9.17, 15) is 9.90 Å². The third-order valence-electron chi connectivity index (χ3n) is 6.62. The number of unbranched alkanes of at least 4 members (excludes halogenated alkanes) is 1. The molecule has 0 amide bonds. The van der Waals surface area contributed by atoms with E-state index in [1.165, 1.54) is 0 Å². The highest BCUT2D eigenvalue weighted by molar-refractivity contribution is 6.21. The van der Waals surface area contributed by atoms with Gasteiger partial charge in [0.05, 0.1) is 32.5 Å². The monoisotopic (exact) mass is 495 g/mol. The minimum absolute atomic E-state index is 0.0000689.